The number of ether oxygens (including phenoxy) is 1. The fourth-order valence-corrected chi connectivity index (χ4v) is 1.87. The number of thioether (sulfide) groups is 1. The van der Waals surface area contributed by atoms with Crippen LogP contribution in [0.15, 0.2) is 29.2 Å². The van der Waals surface area contributed by atoms with E-state index in [0.717, 1.165) is 5.56 Å². The van der Waals surface area contributed by atoms with Crippen LogP contribution in [0.25, 0.3) is 0 Å². The lowest BCUT2D eigenvalue weighted by molar-refractivity contribution is -0.140. The summed E-state index contributed by atoms with van der Waals surface area (Å²) >= 11 is -0.137. The third-order valence-electron chi connectivity index (χ3n) is 2.22. The lowest BCUT2D eigenvalue weighted by Crippen LogP contribution is -2.18. The van der Waals surface area contributed by atoms with Gasteiger partial charge in [-0.1, -0.05) is 12.1 Å². The molecule has 1 aromatic carbocycles. The number of methoxy groups -OCH3 is 1. The number of carbonyl (C=O) groups is 1. The van der Waals surface area contributed by atoms with Gasteiger partial charge in [0.05, 0.1) is 13.5 Å². The molecule has 3 nitrogen and oxygen atoms in total. The predicted octanol–water partition coefficient (Wildman–Crippen LogP) is 2.95. The predicted molar refractivity (Wildman–Crippen MR) is 66.7 cm³/mol. The zero-order chi connectivity index (χ0) is 14.3. The maximum Gasteiger partial charge on any atom is 0.446 e. The molecule has 0 fully saturated rings. The summed E-state index contributed by atoms with van der Waals surface area (Å²) < 4.78 is 40.8. The van der Waals surface area contributed by atoms with Gasteiger partial charge in [0.1, 0.15) is 0 Å². The number of rotatable bonds is 6. The third-order valence-corrected chi connectivity index (χ3v) is 2.96. The fourth-order valence-electron chi connectivity index (χ4n) is 1.33. The molecule has 0 aliphatic heterocycles. The Morgan fingerprint density at radius 3 is 2.47 bits per heavy atom. The van der Waals surface area contributed by atoms with Gasteiger partial charge in [0, 0.05) is 18.0 Å². The van der Waals surface area contributed by atoms with Gasteiger partial charge in [0.2, 0.25) is 0 Å². The van der Waals surface area contributed by atoms with E-state index in [9.17, 15) is 18.0 Å². The second-order valence-electron chi connectivity index (χ2n) is 3.69. The SMILES string of the molecule is COC(=O)CCNCc1ccc(SC(F)(F)F)cc1. The van der Waals surface area contributed by atoms with E-state index in [-0.39, 0.29) is 29.0 Å². The summed E-state index contributed by atoms with van der Waals surface area (Å²) in [6.07, 6.45) is 0.262. The van der Waals surface area contributed by atoms with E-state index in [4.69, 9.17) is 0 Å². The summed E-state index contributed by atoms with van der Waals surface area (Å²) in [5.74, 6) is -0.301. The Hall–Kier alpha value is -1.21. The van der Waals surface area contributed by atoms with Gasteiger partial charge in [0.25, 0.3) is 0 Å². The van der Waals surface area contributed by atoms with Crippen LogP contribution in [0.1, 0.15) is 12.0 Å². The maximum atomic E-state index is 12.1. The molecular weight excluding hydrogens is 279 g/mol. The average Bonchev–Trinajstić information content (AvgIpc) is 2.34. The number of carbonyl (C=O) groups excluding carboxylic acids is 1. The van der Waals surface area contributed by atoms with Crippen molar-refractivity contribution in [3.63, 3.8) is 0 Å². The number of esters is 1. The first-order chi connectivity index (χ1) is 8.90. The molecule has 0 aliphatic rings. The lowest BCUT2D eigenvalue weighted by Gasteiger charge is -2.07. The molecule has 0 aliphatic carbocycles. The van der Waals surface area contributed by atoms with Crippen LogP contribution in [-0.4, -0.2) is 25.1 Å². The van der Waals surface area contributed by atoms with E-state index in [2.05, 4.69) is 10.1 Å². The van der Waals surface area contributed by atoms with E-state index in [0.29, 0.717) is 13.1 Å². The topological polar surface area (TPSA) is 38.3 Å². The van der Waals surface area contributed by atoms with Gasteiger partial charge in [-0.2, -0.15) is 13.2 Å². The third kappa shape index (κ3) is 7.07. The Labute approximate surface area is 113 Å². The minimum absolute atomic E-state index is 0.137. The first-order valence-corrected chi connectivity index (χ1v) is 6.34. The Balaban J connectivity index is 2.34. The van der Waals surface area contributed by atoms with Crippen molar-refractivity contribution in [2.75, 3.05) is 13.7 Å². The Kier molecular flexibility index (Phi) is 6.17. The Morgan fingerprint density at radius 1 is 1.32 bits per heavy atom. The fraction of sp³-hybridized carbons (Fsp3) is 0.417. The Bertz CT molecular complexity index is 406. The number of halogens is 3. The highest BCUT2D eigenvalue weighted by atomic mass is 32.2. The van der Waals surface area contributed by atoms with Crippen LogP contribution in [0.3, 0.4) is 0 Å². The molecule has 0 saturated heterocycles. The lowest BCUT2D eigenvalue weighted by atomic mass is 10.2. The van der Waals surface area contributed by atoms with Crippen LogP contribution in [0.2, 0.25) is 0 Å². The molecule has 0 saturated carbocycles. The van der Waals surface area contributed by atoms with E-state index < -0.39 is 5.51 Å². The zero-order valence-electron chi connectivity index (χ0n) is 10.3. The first kappa shape index (κ1) is 15.8. The Morgan fingerprint density at radius 2 is 1.95 bits per heavy atom. The standard InChI is InChI=1S/C12H14F3NO2S/c1-18-11(17)6-7-16-8-9-2-4-10(5-3-9)19-12(13,14)15/h2-5,16H,6-8H2,1H3. The summed E-state index contributed by atoms with van der Waals surface area (Å²) in [6.45, 7) is 0.958. The highest BCUT2D eigenvalue weighted by molar-refractivity contribution is 8.00. The summed E-state index contributed by atoms with van der Waals surface area (Å²) in [7, 11) is 1.32. The van der Waals surface area contributed by atoms with Gasteiger partial charge in [-0.05, 0) is 29.5 Å². The minimum Gasteiger partial charge on any atom is -0.469 e. The molecule has 0 unspecified atom stereocenters. The van der Waals surface area contributed by atoms with Crippen LogP contribution in [0.4, 0.5) is 13.2 Å². The summed E-state index contributed by atoms with van der Waals surface area (Å²) in [6, 6.07) is 6.10. The molecule has 1 rings (SSSR count). The normalized spacial score (nSPS) is 11.4. The number of hydrogen-bond acceptors (Lipinski definition) is 4. The van der Waals surface area contributed by atoms with Gasteiger partial charge in [-0.15, -0.1) is 0 Å². The van der Waals surface area contributed by atoms with Gasteiger partial charge < -0.3 is 10.1 Å². The summed E-state index contributed by atoms with van der Waals surface area (Å²) in [4.78, 5) is 11.0. The first-order valence-electron chi connectivity index (χ1n) is 5.53. The molecular formula is C12H14F3NO2S. The van der Waals surface area contributed by atoms with Gasteiger partial charge in [-0.3, -0.25) is 4.79 Å². The van der Waals surface area contributed by atoms with Crippen molar-refractivity contribution in [1.29, 1.82) is 0 Å². The van der Waals surface area contributed by atoms with E-state index in [1.165, 1.54) is 19.2 Å². The molecule has 0 heterocycles. The van der Waals surface area contributed by atoms with Crippen molar-refractivity contribution in [2.24, 2.45) is 0 Å². The highest BCUT2D eigenvalue weighted by Gasteiger charge is 2.28. The second kappa shape index (κ2) is 7.40. The smallest absolute Gasteiger partial charge is 0.446 e. The number of benzene rings is 1. The molecule has 0 amide bonds. The van der Waals surface area contributed by atoms with Crippen molar-refractivity contribution in [1.82, 2.24) is 5.32 Å². The molecule has 0 atom stereocenters. The monoisotopic (exact) mass is 293 g/mol. The average molecular weight is 293 g/mol. The van der Waals surface area contributed by atoms with E-state index in [1.807, 2.05) is 0 Å². The zero-order valence-corrected chi connectivity index (χ0v) is 11.1. The van der Waals surface area contributed by atoms with Gasteiger partial charge in [0.15, 0.2) is 0 Å². The van der Waals surface area contributed by atoms with Crippen LogP contribution >= 0.6 is 11.8 Å². The maximum absolute atomic E-state index is 12.1. The molecule has 19 heavy (non-hydrogen) atoms. The van der Waals surface area contributed by atoms with Gasteiger partial charge >= 0.3 is 11.5 Å². The molecule has 106 valence electrons. The van der Waals surface area contributed by atoms with Crippen molar-refractivity contribution in [3.05, 3.63) is 29.8 Å². The highest BCUT2D eigenvalue weighted by Crippen LogP contribution is 2.36. The number of hydrogen-bond donors (Lipinski definition) is 1. The van der Waals surface area contributed by atoms with Crippen molar-refractivity contribution >= 4 is 17.7 Å². The molecule has 0 spiro atoms. The number of nitrogens with one attached hydrogen (secondary N) is 1. The largest absolute Gasteiger partial charge is 0.469 e. The van der Waals surface area contributed by atoms with Gasteiger partial charge in [-0.25, -0.2) is 0 Å². The van der Waals surface area contributed by atoms with E-state index >= 15 is 0 Å². The van der Waals surface area contributed by atoms with Crippen LogP contribution < -0.4 is 5.32 Å². The summed E-state index contributed by atoms with van der Waals surface area (Å²) in [5, 5.41) is 3.00. The molecule has 0 bridgehead atoms. The van der Waals surface area contributed by atoms with Crippen molar-refractivity contribution < 1.29 is 22.7 Å². The molecule has 0 aromatic heterocycles. The molecule has 0 radical (unpaired) electrons. The second-order valence-corrected chi connectivity index (χ2v) is 4.83. The quantitative estimate of drug-likeness (QED) is 0.497. The summed E-state index contributed by atoms with van der Waals surface area (Å²) in [5.41, 5.74) is -3.41. The van der Waals surface area contributed by atoms with Crippen LogP contribution in [-0.2, 0) is 16.1 Å². The van der Waals surface area contributed by atoms with Crippen molar-refractivity contribution in [2.45, 2.75) is 23.4 Å². The molecule has 1 N–H and O–H groups in total. The number of alkyl halides is 3. The minimum atomic E-state index is -4.26. The molecule has 7 heteroatoms. The van der Waals surface area contributed by atoms with Crippen LogP contribution in [0, 0.1) is 0 Å². The van der Waals surface area contributed by atoms with E-state index in [1.54, 1.807) is 12.1 Å². The molecule has 1 aromatic rings. The van der Waals surface area contributed by atoms with Crippen molar-refractivity contribution in [3.8, 4) is 0 Å². The van der Waals surface area contributed by atoms with Crippen LogP contribution in [0.5, 0.6) is 0 Å².